The lowest BCUT2D eigenvalue weighted by Crippen LogP contribution is -1.95. The van der Waals surface area contributed by atoms with Crippen molar-refractivity contribution in [2.45, 2.75) is 0 Å². The molecule has 0 aliphatic carbocycles. The quantitative estimate of drug-likeness (QED) is 0.125. The molecule has 0 radical (unpaired) electrons. The first-order chi connectivity index (χ1) is 30.2. The van der Waals surface area contributed by atoms with Gasteiger partial charge in [0.2, 0.25) is 0 Å². The first-order valence-corrected chi connectivity index (χ1v) is 20.7. The Morgan fingerprint density at radius 2 is 0.852 bits per heavy atom. The molecule has 0 saturated carbocycles. The average Bonchev–Trinajstić information content (AvgIpc) is 3.78. The summed E-state index contributed by atoms with van der Waals surface area (Å²) in [5.74, 6) is 1.38. The van der Waals surface area contributed by atoms with Gasteiger partial charge in [-0.2, -0.15) is 0 Å². The minimum absolute atomic E-state index is 0.659. The summed E-state index contributed by atoms with van der Waals surface area (Å²) in [6.45, 7) is 0. The average molecular weight is 777 g/mol. The molecule has 12 rings (SSSR count). The van der Waals surface area contributed by atoms with Gasteiger partial charge in [-0.05, 0) is 101 Å². The number of nitrogens with zero attached hydrogens (tertiary/aromatic N) is 2. The van der Waals surface area contributed by atoms with Crippen molar-refractivity contribution < 1.29 is 4.42 Å². The second kappa shape index (κ2) is 14.3. The zero-order chi connectivity index (χ0) is 40.3. The predicted molar refractivity (Wildman–Crippen MR) is 254 cm³/mol. The molecule has 0 fully saturated rings. The molecule has 10 aromatic carbocycles. The Labute approximate surface area is 352 Å². The highest BCUT2D eigenvalue weighted by Gasteiger charge is 2.17. The van der Waals surface area contributed by atoms with Crippen LogP contribution in [0.15, 0.2) is 223 Å². The number of rotatable bonds is 6. The molecule has 0 saturated heterocycles. The second-order valence-electron chi connectivity index (χ2n) is 15.7. The van der Waals surface area contributed by atoms with Crippen molar-refractivity contribution in [3.63, 3.8) is 0 Å². The smallest absolute Gasteiger partial charge is 0.160 e. The molecular weight excluding hydrogens is 741 g/mol. The molecule has 2 aromatic heterocycles. The fraction of sp³-hybridized carbons (Fsp3) is 0. The van der Waals surface area contributed by atoms with Crippen LogP contribution in [0.3, 0.4) is 0 Å². The molecule has 0 amide bonds. The number of fused-ring (bicyclic) bond motifs is 6. The van der Waals surface area contributed by atoms with Gasteiger partial charge in [0.25, 0.3) is 0 Å². The van der Waals surface area contributed by atoms with Gasteiger partial charge >= 0.3 is 0 Å². The van der Waals surface area contributed by atoms with Gasteiger partial charge in [-0.3, -0.25) is 0 Å². The Bertz CT molecular complexity index is 3590. The van der Waals surface area contributed by atoms with E-state index in [1.165, 1.54) is 70.9 Å². The van der Waals surface area contributed by atoms with Crippen LogP contribution in [-0.4, -0.2) is 9.97 Å². The lowest BCUT2D eigenvalue weighted by atomic mass is 9.88. The van der Waals surface area contributed by atoms with E-state index in [4.69, 9.17) is 14.4 Å². The normalized spacial score (nSPS) is 11.6. The summed E-state index contributed by atoms with van der Waals surface area (Å²) < 4.78 is 6.27. The maximum atomic E-state index is 6.27. The highest BCUT2D eigenvalue weighted by atomic mass is 16.3. The predicted octanol–water partition coefficient (Wildman–Crippen LogP) is 15.8. The minimum Gasteiger partial charge on any atom is -0.454 e. The number of furan rings is 1. The number of hydrogen-bond acceptors (Lipinski definition) is 3. The van der Waals surface area contributed by atoms with E-state index in [0.29, 0.717) is 5.82 Å². The maximum Gasteiger partial charge on any atom is 0.160 e. The molecule has 0 atom stereocenters. The van der Waals surface area contributed by atoms with Crippen LogP contribution >= 0.6 is 0 Å². The Kier molecular flexibility index (Phi) is 8.17. The number of aromatic nitrogens is 2. The van der Waals surface area contributed by atoms with E-state index in [0.717, 1.165) is 44.8 Å². The van der Waals surface area contributed by atoms with Crippen molar-refractivity contribution in [2.75, 3.05) is 0 Å². The van der Waals surface area contributed by atoms with Crippen LogP contribution in [0.4, 0.5) is 0 Å². The van der Waals surface area contributed by atoms with Crippen molar-refractivity contribution in [2.24, 2.45) is 0 Å². The van der Waals surface area contributed by atoms with Crippen molar-refractivity contribution in [1.29, 1.82) is 0 Å². The fourth-order valence-corrected chi connectivity index (χ4v) is 9.12. The van der Waals surface area contributed by atoms with Gasteiger partial charge in [-0.25, -0.2) is 9.97 Å². The molecule has 284 valence electrons. The Balaban J connectivity index is 0.910. The van der Waals surface area contributed by atoms with E-state index in [1.807, 2.05) is 54.6 Å². The zero-order valence-corrected chi connectivity index (χ0v) is 33.1. The van der Waals surface area contributed by atoms with E-state index in [2.05, 4.69) is 164 Å². The van der Waals surface area contributed by atoms with Gasteiger partial charge in [0, 0.05) is 16.5 Å². The highest BCUT2D eigenvalue weighted by Crippen LogP contribution is 2.42. The third kappa shape index (κ3) is 6.06. The summed E-state index contributed by atoms with van der Waals surface area (Å²) in [6.07, 6.45) is 0. The first kappa shape index (κ1) is 34.9. The summed E-state index contributed by atoms with van der Waals surface area (Å²) in [5, 5.41) is 11.1. The van der Waals surface area contributed by atoms with Crippen molar-refractivity contribution >= 4 is 54.1 Å². The Morgan fingerprint density at radius 1 is 0.295 bits per heavy atom. The van der Waals surface area contributed by atoms with Gasteiger partial charge in [0.1, 0.15) is 11.3 Å². The summed E-state index contributed by atoms with van der Waals surface area (Å²) in [6, 6.07) is 77.8. The monoisotopic (exact) mass is 776 g/mol. The molecule has 0 bridgehead atoms. The van der Waals surface area contributed by atoms with Crippen LogP contribution in [0.2, 0.25) is 0 Å². The second-order valence-corrected chi connectivity index (χ2v) is 15.7. The van der Waals surface area contributed by atoms with Crippen LogP contribution in [-0.2, 0) is 0 Å². The third-order valence-electron chi connectivity index (χ3n) is 12.1. The first-order valence-electron chi connectivity index (χ1n) is 20.7. The third-order valence-corrected chi connectivity index (χ3v) is 12.1. The van der Waals surface area contributed by atoms with E-state index in [-0.39, 0.29) is 0 Å². The van der Waals surface area contributed by atoms with Gasteiger partial charge in [0.05, 0.1) is 5.69 Å². The van der Waals surface area contributed by atoms with Crippen LogP contribution in [0.25, 0.3) is 122 Å². The Morgan fingerprint density at radius 3 is 1.56 bits per heavy atom. The highest BCUT2D eigenvalue weighted by molar-refractivity contribution is 6.20. The molecule has 61 heavy (non-hydrogen) atoms. The van der Waals surface area contributed by atoms with Gasteiger partial charge in [-0.15, -0.1) is 0 Å². The molecule has 0 N–H and O–H groups in total. The standard InChI is InChI=1S/C58H36N2O/c1-2-13-42(14-3-1)58-59-53(36-54(60-58)56-35-44-16-6-11-21-55(44)61-56)40-26-22-38(23-27-40)46-32-33-47(50-20-10-9-19-49(46)50)39-24-28-41(29-25-39)57-48-18-8-5-15-43(48)34-52-45-17-7-4-12-37(45)30-31-51(52)57/h1-36H. The van der Waals surface area contributed by atoms with E-state index >= 15 is 0 Å². The molecule has 3 heteroatoms. The number of para-hydroxylation sites is 1. The molecular formula is C58H36N2O. The maximum absolute atomic E-state index is 6.27. The summed E-state index contributed by atoms with van der Waals surface area (Å²) in [4.78, 5) is 10.0. The molecule has 2 heterocycles. The summed E-state index contributed by atoms with van der Waals surface area (Å²) >= 11 is 0. The van der Waals surface area contributed by atoms with Crippen molar-refractivity contribution in [3.05, 3.63) is 218 Å². The molecule has 3 nitrogen and oxygen atoms in total. The molecule has 0 spiro atoms. The minimum atomic E-state index is 0.659. The van der Waals surface area contributed by atoms with Crippen LogP contribution in [0.5, 0.6) is 0 Å². The topological polar surface area (TPSA) is 38.9 Å². The van der Waals surface area contributed by atoms with E-state index in [9.17, 15) is 0 Å². The lowest BCUT2D eigenvalue weighted by molar-refractivity contribution is 0.628. The molecule has 0 aliphatic heterocycles. The van der Waals surface area contributed by atoms with Crippen molar-refractivity contribution in [3.8, 4) is 67.5 Å². The summed E-state index contributed by atoms with van der Waals surface area (Å²) in [5.41, 5.74) is 11.6. The molecule has 0 aliphatic rings. The number of benzene rings is 10. The zero-order valence-electron chi connectivity index (χ0n) is 33.1. The van der Waals surface area contributed by atoms with E-state index < -0.39 is 0 Å². The largest absolute Gasteiger partial charge is 0.454 e. The SMILES string of the molecule is c1ccc(-c2nc(-c3ccc(-c4ccc(-c5ccc(-c6c7ccccc7cc7c6ccc6ccccc67)cc5)c5ccccc45)cc3)cc(-c3cc4ccccc4o3)n2)cc1. The van der Waals surface area contributed by atoms with Crippen LogP contribution in [0.1, 0.15) is 0 Å². The van der Waals surface area contributed by atoms with Gasteiger partial charge < -0.3 is 4.42 Å². The van der Waals surface area contributed by atoms with Gasteiger partial charge in [0.15, 0.2) is 11.6 Å². The molecule has 12 aromatic rings. The Hall–Kier alpha value is -8.14. The fourth-order valence-electron chi connectivity index (χ4n) is 9.12. The van der Waals surface area contributed by atoms with Gasteiger partial charge in [-0.1, -0.05) is 194 Å². The lowest BCUT2D eigenvalue weighted by Gasteiger charge is -2.15. The number of hydrogen-bond donors (Lipinski definition) is 0. The summed E-state index contributed by atoms with van der Waals surface area (Å²) in [7, 11) is 0. The van der Waals surface area contributed by atoms with E-state index in [1.54, 1.807) is 0 Å². The van der Waals surface area contributed by atoms with Crippen molar-refractivity contribution in [1.82, 2.24) is 9.97 Å². The van der Waals surface area contributed by atoms with Crippen LogP contribution < -0.4 is 0 Å². The molecule has 0 unspecified atom stereocenters. The van der Waals surface area contributed by atoms with Crippen LogP contribution in [0, 0.1) is 0 Å².